The van der Waals surface area contributed by atoms with Crippen molar-refractivity contribution >= 4 is 50.5 Å². The van der Waals surface area contributed by atoms with Gasteiger partial charge < -0.3 is 5.32 Å². The van der Waals surface area contributed by atoms with E-state index in [4.69, 9.17) is 11.6 Å². The largest absolute Gasteiger partial charge is 0.322 e. The molecule has 0 aliphatic heterocycles. The minimum Gasteiger partial charge on any atom is -0.322 e. The molecule has 2 aromatic rings. The molecule has 0 bridgehead atoms. The van der Waals surface area contributed by atoms with Crippen LogP contribution in [0.1, 0.15) is 10.4 Å². The second-order valence-corrected chi connectivity index (χ2v) is 5.92. The maximum absolute atomic E-state index is 12.9. The molecule has 0 atom stereocenters. The molecule has 1 N–H and O–H groups in total. The maximum atomic E-state index is 12.9. The zero-order valence-corrected chi connectivity index (χ0v) is 11.5. The minimum atomic E-state index is -0.511. The van der Waals surface area contributed by atoms with E-state index in [2.05, 4.69) is 21.2 Å². The molecule has 1 aromatic carbocycles. The molecule has 0 spiro atoms. The Labute approximate surface area is 115 Å². The van der Waals surface area contributed by atoms with Gasteiger partial charge in [0.15, 0.2) is 0 Å². The van der Waals surface area contributed by atoms with Gasteiger partial charge in [-0.3, -0.25) is 4.79 Å². The van der Waals surface area contributed by atoms with Gasteiger partial charge in [0.1, 0.15) is 5.82 Å². The predicted octanol–water partition coefficient (Wildman–Crippen LogP) is 4.56. The van der Waals surface area contributed by atoms with E-state index in [1.165, 1.54) is 29.5 Å². The van der Waals surface area contributed by atoms with E-state index in [0.29, 0.717) is 11.3 Å². The fourth-order valence-electron chi connectivity index (χ4n) is 1.21. The van der Waals surface area contributed by atoms with Crippen molar-refractivity contribution in [1.29, 1.82) is 0 Å². The lowest BCUT2D eigenvalue weighted by atomic mass is 10.2. The third kappa shape index (κ3) is 3.06. The number of anilines is 1. The van der Waals surface area contributed by atoms with E-state index in [1.807, 2.05) is 0 Å². The predicted molar refractivity (Wildman–Crippen MR) is 71.4 cm³/mol. The first-order chi connectivity index (χ1) is 8.06. The number of hydrogen-bond acceptors (Lipinski definition) is 2. The highest BCUT2D eigenvalue weighted by Crippen LogP contribution is 2.23. The number of carbonyl (C=O) groups is 1. The zero-order valence-electron chi connectivity index (χ0n) is 8.34. The first kappa shape index (κ1) is 12.5. The van der Waals surface area contributed by atoms with Crippen LogP contribution >= 0.6 is 38.9 Å². The topological polar surface area (TPSA) is 29.1 Å². The number of thiophene rings is 1. The van der Waals surface area contributed by atoms with Crippen molar-refractivity contribution < 1.29 is 9.18 Å². The van der Waals surface area contributed by atoms with Gasteiger partial charge in [-0.05, 0) is 40.2 Å². The summed E-state index contributed by atoms with van der Waals surface area (Å²) in [6.07, 6.45) is 0. The van der Waals surface area contributed by atoms with Gasteiger partial charge in [-0.25, -0.2) is 4.39 Å². The van der Waals surface area contributed by atoms with E-state index in [-0.39, 0.29) is 10.9 Å². The van der Waals surface area contributed by atoms with Crippen LogP contribution in [0.25, 0.3) is 0 Å². The number of halogens is 3. The zero-order chi connectivity index (χ0) is 12.4. The van der Waals surface area contributed by atoms with Crippen LogP contribution in [-0.4, -0.2) is 5.91 Å². The SMILES string of the molecule is O=C(Nc1ccc(F)c(Cl)c1)c1csc(Br)c1. The number of amides is 1. The van der Waals surface area contributed by atoms with Crippen LogP contribution in [0.3, 0.4) is 0 Å². The molecule has 88 valence electrons. The molecule has 1 heterocycles. The van der Waals surface area contributed by atoms with E-state index in [9.17, 15) is 9.18 Å². The third-order valence-corrected chi connectivity index (χ3v) is 3.80. The Morgan fingerprint density at radius 3 is 2.76 bits per heavy atom. The fraction of sp³-hybridized carbons (Fsp3) is 0. The lowest BCUT2D eigenvalue weighted by Gasteiger charge is -2.04. The van der Waals surface area contributed by atoms with Crippen molar-refractivity contribution in [2.45, 2.75) is 0 Å². The summed E-state index contributed by atoms with van der Waals surface area (Å²) >= 11 is 10.3. The summed E-state index contributed by atoms with van der Waals surface area (Å²) in [6.45, 7) is 0. The van der Waals surface area contributed by atoms with Crippen molar-refractivity contribution in [1.82, 2.24) is 0 Å². The second kappa shape index (κ2) is 5.16. The summed E-state index contributed by atoms with van der Waals surface area (Å²) in [4.78, 5) is 11.8. The first-order valence-corrected chi connectivity index (χ1v) is 6.62. The Morgan fingerprint density at radius 2 is 2.18 bits per heavy atom. The maximum Gasteiger partial charge on any atom is 0.256 e. The Kier molecular flexibility index (Phi) is 3.81. The summed E-state index contributed by atoms with van der Waals surface area (Å²) in [6, 6.07) is 5.75. The van der Waals surface area contributed by atoms with Gasteiger partial charge in [-0.1, -0.05) is 11.6 Å². The Hall–Kier alpha value is -0.910. The molecule has 0 aliphatic rings. The molecule has 2 nitrogen and oxygen atoms in total. The summed E-state index contributed by atoms with van der Waals surface area (Å²) < 4.78 is 13.8. The normalized spacial score (nSPS) is 10.3. The number of benzene rings is 1. The van der Waals surface area contributed by atoms with Gasteiger partial charge in [0.05, 0.1) is 14.4 Å². The van der Waals surface area contributed by atoms with Gasteiger partial charge in [-0.2, -0.15) is 0 Å². The Morgan fingerprint density at radius 1 is 1.41 bits per heavy atom. The average Bonchev–Trinajstić information content (AvgIpc) is 2.70. The average molecular weight is 335 g/mol. The molecule has 0 radical (unpaired) electrons. The monoisotopic (exact) mass is 333 g/mol. The summed E-state index contributed by atoms with van der Waals surface area (Å²) in [5.41, 5.74) is 1.01. The number of hydrogen-bond donors (Lipinski definition) is 1. The van der Waals surface area contributed by atoms with Crippen molar-refractivity contribution in [2.75, 3.05) is 5.32 Å². The lowest BCUT2D eigenvalue weighted by Crippen LogP contribution is -2.10. The van der Waals surface area contributed by atoms with E-state index < -0.39 is 5.82 Å². The summed E-state index contributed by atoms with van der Waals surface area (Å²) in [5, 5.41) is 4.34. The molecule has 0 fully saturated rings. The van der Waals surface area contributed by atoms with Crippen LogP contribution in [0.15, 0.2) is 33.4 Å². The van der Waals surface area contributed by atoms with Crippen LogP contribution in [0.5, 0.6) is 0 Å². The Bertz CT molecular complexity index is 572. The fourth-order valence-corrected chi connectivity index (χ4v) is 2.52. The molecule has 1 amide bonds. The Balaban J connectivity index is 2.15. The summed E-state index contributed by atoms with van der Waals surface area (Å²) in [7, 11) is 0. The van der Waals surface area contributed by atoms with Crippen molar-refractivity contribution in [3.05, 3.63) is 49.8 Å². The van der Waals surface area contributed by atoms with E-state index >= 15 is 0 Å². The highest BCUT2D eigenvalue weighted by Gasteiger charge is 2.09. The third-order valence-electron chi connectivity index (χ3n) is 2.01. The number of nitrogens with one attached hydrogen (secondary N) is 1. The van der Waals surface area contributed by atoms with Crippen LogP contribution in [0.4, 0.5) is 10.1 Å². The van der Waals surface area contributed by atoms with Crippen molar-refractivity contribution in [3.8, 4) is 0 Å². The van der Waals surface area contributed by atoms with Crippen molar-refractivity contribution in [2.24, 2.45) is 0 Å². The quantitative estimate of drug-likeness (QED) is 0.857. The van der Waals surface area contributed by atoms with Crippen molar-refractivity contribution in [3.63, 3.8) is 0 Å². The van der Waals surface area contributed by atoms with E-state index in [1.54, 1.807) is 11.4 Å². The highest BCUT2D eigenvalue weighted by molar-refractivity contribution is 9.11. The molecule has 6 heteroatoms. The van der Waals surface area contributed by atoms with E-state index in [0.717, 1.165) is 3.79 Å². The van der Waals surface area contributed by atoms with Gasteiger partial charge in [0.25, 0.3) is 5.91 Å². The van der Waals surface area contributed by atoms with Crippen LogP contribution in [0.2, 0.25) is 5.02 Å². The van der Waals surface area contributed by atoms with Crippen LogP contribution in [-0.2, 0) is 0 Å². The highest BCUT2D eigenvalue weighted by atomic mass is 79.9. The standard InChI is InChI=1S/C11H6BrClFNOS/c12-10-3-6(5-17-10)11(16)15-7-1-2-9(14)8(13)4-7/h1-5H,(H,15,16). The molecule has 1 aromatic heterocycles. The number of rotatable bonds is 2. The van der Waals surface area contributed by atoms with Crippen LogP contribution < -0.4 is 5.32 Å². The molecular formula is C11H6BrClFNOS. The van der Waals surface area contributed by atoms with Gasteiger partial charge in [0.2, 0.25) is 0 Å². The van der Waals surface area contributed by atoms with Gasteiger partial charge in [0, 0.05) is 11.1 Å². The molecule has 0 unspecified atom stereocenters. The van der Waals surface area contributed by atoms with Gasteiger partial charge >= 0.3 is 0 Å². The van der Waals surface area contributed by atoms with Crippen LogP contribution in [0, 0.1) is 5.82 Å². The number of carbonyl (C=O) groups excluding carboxylic acids is 1. The minimum absolute atomic E-state index is 0.0192. The summed E-state index contributed by atoms with van der Waals surface area (Å²) in [5.74, 6) is -0.766. The smallest absolute Gasteiger partial charge is 0.256 e. The molecule has 17 heavy (non-hydrogen) atoms. The molecular weight excluding hydrogens is 329 g/mol. The first-order valence-electron chi connectivity index (χ1n) is 4.56. The molecule has 0 saturated carbocycles. The van der Waals surface area contributed by atoms with Gasteiger partial charge in [-0.15, -0.1) is 11.3 Å². The second-order valence-electron chi connectivity index (χ2n) is 3.22. The molecule has 0 saturated heterocycles. The molecule has 0 aliphatic carbocycles. The lowest BCUT2D eigenvalue weighted by molar-refractivity contribution is 0.102. The molecule has 2 rings (SSSR count).